The van der Waals surface area contributed by atoms with Crippen LogP contribution in [0.4, 0.5) is 0 Å². The summed E-state index contributed by atoms with van der Waals surface area (Å²) in [6, 6.07) is 4.49. The summed E-state index contributed by atoms with van der Waals surface area (Å²) in [4.78, 5) is 24.6. The van der Waals surface area contributed by atoms with Gasteiger partial charge in [-0.1, -0.05) is 0 Å². The minimum Gasteiger partial charge on any atom is -0.342 e. The summed E-state index contributed by atoms with van der Waals surface area (Å²) in [5, 5.41) is 0. The van der Waals surface area contributed by atoms with Crippen molar-refractivity contribution in [2.45, 2.75) is 50.6 Å². The molecule has 0 radical (unpaired) electrons. The number of hydrogen-bond acceptors (Lipinski definition) is 3. The fraction of sp³-hybridized carbons (Fsp3) is 0.632. The third kappa shape index (κ3) is 4.04. The quantitative estimate of drug-likeness (QED) is 0.708. The number of rotatable bonds is 2. The van der Waals surface area contributed by atoms with Gasteiger partial charge in [-0.05, 0) is 47.3 Å². The lowest BCUT2D eigenvalue weighted by Crippen LogP contribution is -2.43. The van der Waals surface area contributed by atoms with E-state index in [1.54, 1.807) is 13.1 Å². The second kappa shape index (κ2) is 7.84. The van der Waals surface area contributed by atoms with Crippen LogP contribution in [-0.2, 0) is 10.3 Å². The number of nitrogens with zero attached hydrogens (tertiary/aromatic N) is 4. The molecule has 0 aromatic carbocycles. The van der Waals surface area contributed by atoms with Crippen molar-refractivity contribution < 1.29 is 4.79 Å². The van der Waals surface area contributed by atoms with Gasteiger partial charge in [0, 0.05) is 62.7 Å². The first kappa shape index (κ1) is 18.3. The van der Waals surface area contributed by atoms with Gasteiger partial charge >= 0.3 is 0 Å². The molecule has 3 rings (SSSR count). The molecule has 0 unspecified atom stereocenters. The highest BCUT2D eigenvalue weighted by atomic mass is 79.9. The van der Waals surface area contributed by atoms with Crippen molar-refractivity contribution in [1.29, 1.82) is 0 Å². The summed E-state index contributed by atoms with van der Waals surface area (Å²) < 4.78 is 0.949. The van der Waals surface area contributed by atoms with Crippen molar-refractivity contribution in [1.82, 2.24) is 14.8 Å². The Morgan fingerprint density at radius 3 is 2.64 bits per heavy atom. The molecule has 1 aromatic heterocycles. The Morgan fingerprint density at radius 1 is 1.28 bits per heavy atom. The van der Waals surface area contributed by atoms with Crippen LogP contribution in [0.5, 0.6) is 0 Å². The third-order valence-electron chi connectivity index (χ3n) is 5.69. The van der Waals surface area contributed by atoms with Gasteiger partial charge in [-0.25, -0.2) is 6.57 Å². The molecular formula is C19H25BrN4O. The molecular weight excluding hydrogens is 380 g/mol. The van der Waals surface area contributed by atoms with E-state index in [1.165, 1.54) is 0 Å². The molecule has 25 heavy (non-hydrogen) atoms. The normalized spacial score (nSPS) is 28.2. The number of carbonyl (C=O) groups is 1. The molecule has 1 saturated carbocycles. The van der Waals surface area contributed by atoms with E-state index in [1.807, 2.05) is 17.0 Å². The lowest BCUT2D eigenvalue weighted by atomic mass is 9.77. The van der Waals surface area contributed by atoms with Crippen LogP contribution in [0.2, 0.25) is 0 Å². The van der Waals surface area contributed by atoms with Crippen LogP contribution in [0, 0.1) is 6.57 Å². The monoisotopic (exact) mass is 404 g/mol. The molecule has 1 amide bonds. The molecule has 2 fully saturated rings. The largest absolute Gasteiger partial charge is 0.342 e. The Labute approximate surface area is 158 Å². The van der Waals surface area contributed by atoms with E-state index in [9.17, 15) is 4.79 Å². The fourth-order valence-corrected chi connectivity index (χ4v) is 4.37. The number of aromatic nitrogens is 1. The second-order valence-corrected chi connectivity index (χ2v) is 8.05. The van der Waals surface area contributed by atoms with E-state index in [-0.39, 0.29) is 5.91 Å². The minimum atomic E-state index is -0.464. The van der Waals surface area contributed by atoms with Gasteiger partial charge in [0.25, 0.3) is 5.54 Å². The third-order valence-corrected chi connectivity index (χ3v) is 6.16. The number of carbonyl (C=O) groups excluding carboxylic acids is 1. The van der Waals surface area contributed by atoms with Crippen LogP contribution >= 0.6 is 15.9 Å². The SMILES string of the molecule is [C-]#[N+]C1(c2ccc(Br)cn2)CCC(N2CCCN(C(C)=O)CC2)CC1. The lowest BCUT2D eigenvalue weighted by molar-refractivity contribution is -0.128. The van der Waals surface area contributed by atoms with Crippen LogP contribution in [-0.4, -0.2) is 52.9 Å². The predicted molar refractivity (Wildman–Crippen MR) is 101 cm³/mol. The van der Waals surface area contributed by atoms with Gasteiger partial charge in [0.1, 0.15) is 5.69 Å². The Kier molecular flexibility index (Phi) is 5.75. The Bertz CT molecular complexity index is 646. The topological polar surface area (TPSA) is 40.8 Å². The predicted octanol–water partition coefficient (Wildman–Crippen LogP) is 3.46. The maximum atomic E-state index is 11.6. The standard InChI is InChI=1S/C19H25BrN4O/c1-15(25)23-10-3-11-24(13-12-23)17-6-8-19(21-2,9-7-17)18-5-4-16(20)14-22-18/h4-5,14,17H,3,6-13H2,1H3. The summed E-state index contributed by atoms with van der Waals surface area (Å²) in [6.07, 6.45) is 6.61. The van der Waals surface area contributed by atoms with E-state index >= 15 is 0 Å². The van der Waals surface area contributed by atoms with E-state index < -0.39 is 5.54 Å². The van der Waals surface area contributed by atoms with Crippen LogP contribution < -0.4 is 0 Å². The molecule has 1 aliphatic heterocycles. The van der Waals surface area contributed by atoms with Crippen LogP contribution in [0.15, 0.2) is 22.8 Å². The Balaban J connectivity index is 1.63. The van der Waals surface area contributed by atoms with E-state index in [2.05, 4.69) is 30.7 Å². The highest BCUT2D eigenvalue weighted by Gasteiger charge is 2.45. The van der Waals surface area contributed by atoms with Gasteiger partial charge in [-0.3, -0.25) is 14.7 Å². The first-order valence-corrected chi connectivity index (χ1v) is 9.83. The number of halogens is 1. The molecule has 0 N–H and O–H groups in total. The van der Waals surface area contributed by atoms with Crippen LogP contribution in [0.3, 0.4) is 0 Å². The molecule has 2 aliphatic rings. The van der Waals surface area contributed by atoms with Crippen molar-refractivity contribution in [3.8, 4) is 0 Å². The summed E-state index contributed by atoms with van der Waals surface area (Å²) in [5.74, 6) is 0.179. The van der Waals surface area contributed by atoms with E-state index in [0.717, 1.165) is 68.4 Å². The smallest absolute Gasteiger partial charge is 0.274 e. The van der Waals surface area contributed by atoms with Gasteiger partial charge in [0.05, 0.1) is 0 Å². The van der Waals surface area contributed by atoms with Gasteiger partial charge in [0.2, 0.25) is 5.91 Å². The fourth-order valence-electron chi connectivity index (χ4n) is 4.14. The van der Waals surface area contributed by atoms with Gasteiger partial charge in [0.15, 0.2) is 0 Å². The van der Waals surface area contributed by atoms with Crippen molar-refractivity contribution in [2.24, 2.45) is 0 Å². The van der Waals surface area contributed by atoms with Crippen molar-refractivity contribution >= 4 is 21.8 Å². The number of pyridine rings is 1. The maximum Gasteiger partial charge on any atom is 0.274 e. The first-order chi connectivity index (χ1) is 12.0. The highest BCUT2D eigenvalue weighted by Crippen LogP contribution is 2.41. The van der Waals surface area contributed by atoms with Gasteiger partial charge in [-0.2, -0.15) is 0 Å². The summed E-state index contributed by atoms with van der Waals surface area (Å²) in [7, 11) is 0. The highest BCUT2D eigenvalue weighted by molar-refractivity contribution is 9.10. The molecule has 134 valence electrons. The summed E-state index contributed by atoms with van der Waals surface area (Å²) in [5.41, 5.74) is 0.442. The van der Waals surface area contributed by atoms with Crippen LogP contribution in [0.1, 0.15) is 44.7 Å². The van der Waals surface area contributed by atoms with E-state index in [0.29, 0.717) is 6.04 Å². The minimum absolute atomic E-state index is 0.179. The number of hydrogen-bond donors (Lipinski definition) is 0. The molecule has 5 nitrogen and oxygen atoms in total. The Morgan fingerprint density at radius 2 is 2.04 bits per heavy atom. The molecule has 1 aliphatic carbocycles. The maximum absolute atomic E-state index is 11.6. The second-order valence-electron chi connectivity index (χ2n) is 7.13. The molecule has 6 heteroatoms. The van der Waals surface area contributed by atoms with Crippen molar-refractivity contribution in [2.75, 3.05) is 26.2 Å². The molecule has 1 saturated heterocycles. The van der Waals surface area contributed by atoms with Gasteiger partial charge < -0.3 is 9.74 Å². The zero-order valence-electron chi connectivity index (χ0n) is 14.7. The van der Waals surface area contributed by atoms with Crippen molar-refractivity contribution in [3.63, 3.8) is 0 Å². The van der Waals surface area contributed by atoms with Gasteiger partial charge in [-0.15, -0.1) is 0 Å². The molecule has 1 aromatic rings. The average Bonchev–Trinajstić information content (AvgIpc) is 2.89. The summed E-state index contributed by atoms with van der Waals surface area (Å²) in [6.45, 7) is 13.1. The van der Waals surface area contributed by atoms with Crippen molar-refractivity contribution in [3.05, 3.63) is 39.9 Å². The first-order valence-electron chi connectivity index (χ1n) is 9.04. The summed E-state index contributed by atoms with van der Waals surface area (Å²) >= 11 is 3.42. The van der Waals surface area contributed by atoms with Crippen LogP contribution in [0.25, 0.3) is 4.85 Å². The molecule has 2 heterocycles. The van der Waals surface area contributed by atoms with E-state index in [4.69, 9.17) is 6.57 Å². The average molecular weight is 405 g/mol. The Hall–Kier alpha value is -1.45. The zero-order valence-corrected chi connectivity index (χ0v) is 16.3. The molecule has 0 spiro atoms. The lowest BCUT2D eigenvalue weighted by Gasteiger charge is -2.37. The number of amides is 1. The molecule has 0 atom stereocenters. The molecule has 0 bridgehead atoms. The zero-order chi connectivity index (χ0) is 17.9.